The number of aryl methyl sites for hydroxylation is 2. The third-order valence-corrected chi connectivity index (χ3v) is 3.70. The molecule has 2 rings (SSSR count). The number of guanidine groups is 1. The summed E-state index contributed by atoms with van der Waals surface area (Å²) in [5.41, 5.74) is 1.20. The van der Waals surface area contributed by atoms with Crippen LogP contribution in [0, 0.1) is 6.92 Å². The fraction of sp³-hybridized carbons (Fsp3) is 0.750. The Labute approximate surface area is 161 Å². The summed E-state index contributed by atoms with van der Waals surface area (Å²) in [6.45, 7) is 7.02. The molecule has 0 spiro atoms. The Morgan fingerprint density at radius 3 is 2.83 bits per heavy atom. The fourth-order valence-corrected chi connectivity index (χ4v) is 2.43. The average Bonchev–Trinajstić information content (AvgIpc) is 3.20. The maximum atomic E-state index is 5.73. The predicted molar refractivity (Wildman–Crippen MR) is 106 cm³/mol. The molecular weight excluding hydrogens is 421 g/mol. The van der Waals surface area contributed by atoms with E-state index in [0.717, 1.165) is 64.7 Å². The molecule has 7 nitrogen and oxygen atoms in total. The van der Waals surface area contributed by atoms with E-state index in [1.165, 1.54) is 5.56 Å². The molecule has 1 aromatic heterocycles. The number of nitrogens with one attached hydrogen (secondary N) is 2. The zero-order valence-electron chi connectivity index (χ0n) is 14.7. The third kappa shape index (κ3) is 8.29. The van der Waals surface area contributed by atoms with E-state index in [0.29, 0.717) is 6.10 Å². The highest BCUT2D eigenvalue weighted by atomic mass is 127. The van der Waals surface area contributed by atoms with Gasteiger partial charge >= 0.3 is 0 Å². The molecular formula is C16H30IN5O2. The van der Waals surface area contributed by atoms with E-state index in [2.05, 4.69) is 33.8 Å². The molecule has 1 saturated heterocycles. The molecule has 0 bridgehead atoms. The Morgan fingerprint density at radius 2 is 2.21 bits per heavy atom. The number of aromatic nitrogens is 2. The highest BCUT2D eigenvalue weighted by Crippen LogP contribution is 2.07. The molecule has 0 saturated carbocycles. The lowest BCUT2D eigenvalue weighted by Crippen LogP contribution is -2.38. The highest BCUT2D eigenvalue weighted by molar-refractivity contribution is 14.0. The summed E-state index contributed by atoms with van der Waals surface area (Å²) in [4.78, 5) is 4.22. The Hall–Kier alpha value is -0.870. The van der Waals surface area contributed by atoms with Gasteiger partial charge in [-0.2, -0.15) is 5.10 Å². The van der Waals surface area contributed by atoms with Gasteiger partial charge in [-0.25, -0.2) is 0 Å². The van der Waals surface area contributed by atoms with Gasteiger partial charge in [-0.3, -0.25) is 9.67 Å². The van der Waals surface area contributed by atoms with Gasteiger partial charge in [0.2, 0.25) is 0 Å². The number of rotatable bonds is 9. The standard InChI is InChI=1S/C16H29N5O2.HI/c1-14-11-20-21(12-14)8-3-6-18-16(17-2)19-7-4-9-23-15-5-10-22-13-15;/h11-12,15H,3-10,13H2,1-2H3,(H2,17,18,19);1H. The molecule has 0 aliphatic carbocycles. The van der Waals surface area contributed by atoms with Gasteiger partial charge in [0.1, 0.15) is 0 Å². The van der Waals surface area contributed by atoms with Crippen LogP contribution in [0.4, 0.5) is 0 Å². The van der Waals surface area contributed by atoms with E-state index in [4.69, 9.17) is 9.47 Å². The van der Waals surface area contributed by atoms with Crippen LogP contribution in [0.3, 0.4) is 0 Å². The molecule has 2 heterocycles. The summed E-state index contributed by atoms with van der Waals surface area (Å²) in [5, 5.41) is 10.9. The summed E-state index contributed by atoms with van der Waals surface area (Å²) in [7, 11) is 1.79. The third-order valence-electron chi connectivity index (χ3n) is 3.70. The quantitative estimate of drug-likeness (QED) is 0.258. The van der Waals surface area contributed by atoms with Crippen molar-refractivity contribution in [1.82, 2.24) is 20.4 Å². The van der Waals surface area contributed by atoms with Gasteiger partial charge in [0, 0.05) is 46.1 Å². The van der Waals surface area contributed by atoms with E-state index >= 15 is 0 Å². The van der Waals surface area contributed by atoms with Gasteiger partial charge in [-0.15, -0.1) is 24.0 Å². The largest absolute Gasteiger partial charge is 0.379 e. The molecule has 1 aliphatic heterocycles. The lowest BCUT2D eigenvalue weighted by Gasteiger charge is -2.13. The topological polar surface area (TPSA) is 72.7 Å². The Bertz CT molecular complexity index is 475. The van der Waals surface area contributed by atoms with Crippen LogP contribution >= 0.6 is 24.0 Å². The van der Waals surface area contributed by atoms with Crippen LogP contribution in [0.2, 0.25) is 0 Å². The molecule has 1 aromatic rings. The van der Waals surface area contributed by atoms with Crippen LogP contribution in [0.25, 0.3) is 0 Å². The number of nitrogens with zero attached hydrogens (tertiary/aromatic N) is 3. The SMILES string of the molecule is CN=C(NCCCOC1CCOC1)NCCCn1cc(C)cn1.I. The van der Waals surface area contributed by atoms with E-state index in [1.807, 2.05) is 10.9 Å². The first-order valence-corrected chi connectivity index (χ1v) is 8.41. The molecule has 1 aliphatic rings. The van der Waals surface area contributed by atoms with Crippen molar-refractivity contribution in [2.24, 2.45) is 4.99 Å². The second-order valence-electron chi connectivity index (χ2n) is 5.77. The molecule has 1 fully saturated rings. The second-order valence-corrected chi connectivity index (χ2v) is 5.77. The van der Waals surface area contributed by atoms with Crippen molar-refractivity contribution in [3.8, 4) is 0 Å². The van der Waals surface area contributed by atoms with Crippen molar-refractivity contribution in [3.63, 3.8) is 0 Å². The van der Waals surface area contributed by atoms with Crippen molar-refractivity contribution < 1.29 is 9.47 Å². The van der Waals surface area contributed by atoms with Crippen molar-refractivity contribution in [2.45, 2.75) is 38.8 Å². The molecule has 24 heavy (non-hydrogen) atoms. The van der Waals surface area contributed by atoms with E-state index in [1.54, 1.807) is 7.05 Å². The van der Waals surface area contributed by atoms with Crippen LogP contribution in [-0.4, -0.2) is 61.8 Å². The fourth-order valence-electron chi connectivity index (χ4n) is 2.43. The predicted octanol–water partition coefficient (Wildman–Crippen LogP) is 1.56. The number of aliphatic imine (C=N–C) groups is 1. The average molecular weight is 451 g/mol. The lowest BCUT2D eigenvalue weighted by atomic mass is 10.3. The minimum atomic E-state index is 0. The Balaban J connectivity index is 0.00000288. The molecule has 8 heteroatoms. The summed E-state index contributed by atoms with van der Waals surface area (Å²) in [6, 6.07) is 0. The number of hydrogen-bond acceptors (Lipinski definition) is 4. The van der Waals surface area contributed by atoms with E-state index in [9.17, 15) is 0 Å². The lowest BCUT2D eigenvalue weighted by molar-refractivity contribution is 0.0420. The van der Waals surface area contributed by atoms with Crippen molar-refractivity contribution in [2.75, 3.05) is 40.0 Å². The first-order chi connectivity index (χ1) is 11.3. The first-order valence-electron chi connectivity index (χ1n) is 8.41. The zero-order valence-corrected chi connectivity index (χ0v) is 17.0. The van der Waals surface area contributed by atoms with Crippen LogP contribution in [0.5, 0.6) is 0 Å². The Morgan fingerprint density at radius 1 is 1.42 bits per heavy atom. The molecule has 1 atom stereocenters. The zero-order chi connectivity index (χ0) is 16.3. The van der Waals surface area contributed by atoms with Crippen molar-refractivity contribution in [3.05, 3.63) is 18.0 Å². The van der Waals surface area contributed by atoms with Gasteiger partial charge in [0.05, 0.1) is 18.9 Å². The van der Waals surface area contributed by atoms with Crippen molar-refractivity contribution in [1.29, 1.82) is 0 Å². The number of ether oxygens (including phenoxy) is 2. The van der Waals surface area contributed by atoms with Gasteiger partial charge < -0.3 is 20.1 Å². The van der Waals surface area contributed by atoms with Crippen LogP contribution in [0.1, 0.15) is 24.8 Å². The van der Waals surface area contributed by atoms with Gasteiger partial charge in [0.15, 0.2) is 5.96 Å². The Kier molecular flexibility index (Phi) is 11.0. The van der Waals surface area contributed by atoms with E-state index in [-0.39, 0.29) is 24.0 Å². The summed E-state index contributed by atoms with van der Waals surface area (Å²) < 4.78 is 13.0. The minimum Gasteiger partial charge on any atom is -0.379 e. The second kappa shape index (κ2) is 12.5. The molecule has 1 unspecified atom stereocenters. The maximum absolute atomic E-state index is 5.73. The number of hydrogen-bond donors (Lipinski definition) is 2. The molecule has 2 N–H and O–H groups in total. The van der Waals surface area contributed by atoms with Crippen molar-refractivity contribution >= 4 is 29.9 Å². The smallest absolute Gasteiger partial charge is 0.190 e. The molecule has 0 radical (unpaired) electrons. The molecule has 0 aromatic carbocycles. The maximum Gasteiger partial charge on any atom is 0.190 e. The molecule has 0 amide bonds. The van der Waals surface area contributed by atoms with Gasteiger partial charge in [-0.1, -0.05) is 0 Å². The van der Waals surface area contributed by atoms with Crippen LogP contribution < -0.4 is 10.6 Å². The highest BCUT2D eigenvalue weighted by Gasteiger charge is 2.15. The molecule has 138 valence electrons. The normalized spacial score (nSPS) is 17.6. The van der Waals surface area contributed by atoms with Crippen LogP contribution in [-0.2, 0) is 16.0 Å². The number of halogens is 1. The minimum absolute atomic E-state index is 0. The summed E-state index contributed by atoms with van der Waals surface area (Å²) >= 11 is 0. The monoisotopic (exact) mass is 451 g/mol. The van der Waals surface area contributed by atoms with Crippen LogP contribution in [0.15, 0.2) is 17.4 Å². The summed E-state index contributed by atoms with van der Waals surface area (Å²) in [5.74, 6) is 0.839. The summed E-state index contributed by atoms with van der Waals surface area (Å²) in [6.07, 6.45) is 7.22. The van der Waals surface area contributed by atoms with Gasteiger partial charge in [0.25, 0.3) is 0 Å². The van der Waals surface area contributed by atoms with E-state index < -0.39 is 0 Å². The first kappa shape index (κ1) is 21.2. The van der Waals surface area contributed by atoms with Gasteiger partial charge in [-0.05, 0) is 31.7 Å².